The van der Waals surface area contributed by atoms with Crippen molar-refractivity contribution in [1.82, 2.24) is 5.32 Å². The highest BCUT2D eigenvalue weighted by atomic mass is 16.5. The Morgan fingerprint density at radius 2 is 2.04 bits per heavy atom. The summed E-state index contributed by atoms with van der Waals surface area (Å²) in [5.74, 6) is 0.482. The molecule has 2 atom stereocenters. The van der Waals surface area contributed by atoms with Crippen LogP contribution in [0.1, 0.15) is 34.5 Å². The van der Waals surface area contributed by atoms with E-state index < -0.39 is 5.91 Å². The molecule has 23 heavy (non-hydrogen) atoms. The van der Waals surface area contributed by atoms with Crippen LogP contribution >= 0.6 is 0 Å². The number of nitrogens with two attached hydrogens (primary N) is 1. The monoisotopic (exact) mass is 314 g/mol. The summed E-state index contributed by atoms with van der Waals surface area (Å²) in [5.41, 5.74) is 6.61. The van der Waals surface area contributed by atoms with Crippen molar-refractivity contribution in [2.24, 2.45) is 5.73 Å². The van der Waals surface area contributed by atoms with Crippen LogP contribution in [0.25, 0.3) is 0 Å². The molecule has 0 bridgehead atoms. The second kappa shape index (κ2) is 6.16. The van der Waals surface area contributed by atoms with Crippen LogP contribution < -0.4 is 15.8 Å². The highest BCUT2D eigenvalue weighted by molar-refractivity contribution is 5.96. The van der Waals surface area contributed by atoms with Gasteiger partial charge in [-0.2, -0.15) is 0 Å². The number of fused-ring (bicyclic) bond motifs is 1. The highest BCUT2D eigenvalue weighted by Crippen LogP contribution is 2.37. The third-order valence-electron chi connectivity index (χ3n) is 4.03. The number of furan rings is 1. The van der Waals surface area contributed by atoms with Crippen molar-refractivity contribution in [2.75, 3.05) is 6.54 Å². The summed E-state index contributed by atoms with van der Waals surface area (Å²) in [5, 5.41) is 2.83. The summed E-state index contributed by atoms with van der Waals surface area (Å²) in [6.07, 6.45) is 1.15. The zero-order valence-corrected chi connectivity index (χ0v) is 12.7. The number of primary amides is 1. The van der Waals surface area contributed by atoms with Gasteiger partial charge in [0.1, 0.15) is 17.6 Å². The van der Waals surface area contributed by atoms with E-state index in [4.69, 9.17) is 14.9 Å². The molecule has 0 unspecified atom stereocenters. The maximum Gasteiger partial charge on any atom is 0.254 e. The van der Waals surface area contributed by atoms with Crippen molar-refractivity contribution >= 4 is 11.8 Å². The molecule has 1 aliphatic rings. The lowest BCUT2D eigenvalue weighted by molar-refractivity contribution is -0.117. The normalized spacial score (nSPS) is 19.0. The lowest BCUT2D eigenvalue weighted by Gasteiger charge is -2.16. The van der Waals surface area contributed by atoms with Crippen LogP contribution in [0.3, 0.4) is 0 Å². The van der Waals surface area contributed by atoms with Crippen LogP contribution in [0.15, 0.2) is 41.0 Å². The van der Waals surface area contributed by atoms with Crippen LogP contribution in [-0.4, -0.2) is 24.5 Å². The molecule has 3 rings (SSSR count). The summed E-state index contributed by atoms with van der Waals surface area (Å²) in [6, 6.07) is 9.38. The van der Waals surface area contributed by atoms with E-state index in [2.05, 4.69) is 12.2 Å². The molecular weight excluding hydrogens is 296 g/mol. The van der Waals surface area contributed by atoms with Gasteiger partial charge in [0.25, 0.3) is 5.91 Å². The predicted molar refractivity (Wildman–Crippen MR) is 83.2 cm³/mol. The second-order valence-corrected chi connectivity index (χ2v) is 5.59. The molecule has 1 aromatic heterocycles. The summed E-state index contributed by atoms with van der Waals surface area (Å²) >= 11 is 0. The van der Waals surface area contributed by atoms with E-state index in [0.717, 1.165) is 11.3 Å². The Labute approximate surface area is 133 Å². The molecule has 0 saturated carbocycles. The Balaban J connectivity index is 1.63. The van der Waals surface area contributed by atoms with Crippen molar-refractivity contribution in [3.05, 3.63) is 53.5 Å². The largest absolute Gasteiger partial charge is 0.488 e. The van der Waals surface area contributed by atoms with Gasteiger partial charge in [-0.1, -0.05) is 25.1 Å². The molecule has 0 spiro atoms. The van der Waals surface area contributed by atoms with Gasteiger partial charge in [0.15, 0.2) is 0 Å². The Hall–Kier alpha value is -2.76. The molecule has 2 amide bonds. The van der Waals surface area contributed by atoms with E-state index in [1.165, 1.54) is 12.3 Å². The number of amides is 2. The van der Waals surface area contributed by atoms with Crippen LogP contribution in [0.2, 0.25) is 0 Å². The van der Waals surface area contributed by atoms with E-state index in [0.29, 0.717) is 12.1 Å². The summed E-state index contributed by atoms with van der Waals surface area (Å²) in [6.45, 7) is 2.44. The third kappa shape index (κ3) is 3.06. The SMILES string of the molecule is C[C@@H]1c2ccccc2O[C@@H]1CNC(=O)c1ccoc1CC(N)=O. The van der Waals surface area contributed by atoms with Gasteiger partial charge in [-0.05, 0) is 12.1 Å². The molecule has 0 radical (unpaired) electrons. The van der Waals surface area contributed by atoms with Crippen LogP contribution in [0.4, 0.5) is 0 Å². The molecule has 2 aromatic rings. The minimum atomic E-state index is -0.544. The zero-order chi connectivity index (χ0) is 16.4. The number of nitrogens with one attached hydrogen (secondary N) is 1. The molecular formula is C17H18N2O4. The summed E-state index contributed by atoms with van der Waals surface area (Å²) in [7, 11) is 0. The van der Waals surface area contributed by atoms with Crippen LogP contribution in [0.5, 0.6) is 5.75 Å². The molecule has 1 aliphatic heterocycles. The number of rotatable bonds is 5. The first-order valence-corrected chi connectivity index (χ1v) is 7.44. The predicted octanol–water partition coefficient (Wildman–Crippen LogP) is 1.60. The molecule has 6 heteroatoms. The number of hydrogen-bond donors (Lipinski definition) is 2. The van der Waals surface area contributed by atoms with Crippen molar-refractivity contribution in [1.29, 1.82) is 0 Å². The van der Waals surface area contributed by atoms with E-state index in [-0.39, 0.29) is 30.1 Å². The standard InChI is InChI=1S/C17H18N2O4/c1-10-11-4-2-3-5-13(11)23-15(10)9-19-17(21)12-6-7-22-14(12)8-16(18)20/h2-7,10,15H,8-9H2,1H3,(H2,18,20)(H,19,21)/t10-,15-/m1/s1. The number of hydrogen-bond acceptors (Lipinski definition) is 4. The lowest BCUT2D eigenvalue weighted by atomic mass is 9.97. The maximum absolute atomic E-state index is 12.3. The van der Waals surface area contributed by atoms with Crippen molar-refractivity contribution < 1.29 is 18.7 Å². The van der Waals surface area contributed by atoms with Gasteiger partial charge >= 0.3 is 0 Å². The quantitative estimate of drug-likeness (QED) is 0.876. The minimum Gasteiger partial charge on any atom is -0.488 e. The van der Waals surface area contributed by atoms with Gasteiger partial charge in [0.05, 0.1) is 24.8 Å². The second-order valence-electron chi connectivity index (χ2n) is 5.59. The van der Waals surface area contributed by atoms with Crippen LogP contribution in [0, 0.1) is 0 Å². The molecule has 120 valence electrons. The fourth-order valence-electron chi connectivity index (χ4n) is 2.77. The summed E-state index contributed by atoms with van der Waals surface area (Å²) < 4.78 is 11.0. The van der Waals surface area contributed by atoms with Crippen molar-refractivity contribution in [3.8, 4) is 5.75 Å². The molecule has 3 N–H and O–H groups in total. The van der Waals surface area contributed by atoms with Crippen LogP contribution in [-0.2, 0) is 11.2 Å². The molecule has 6 nitrogen and oxygen atoms in total. The maximum atomic E-state index is 12.3. The first-order chi connectivity index (χ1) is 11.1. The average Bonchev–Trinajstić information content (AvgIpc) is 3.10. The van der Waals surface area contributed by atoms with Gasteiger partial charge in [0, 0.05) is 11.5 Å². The molecule has 0 fully saturated rings. The number of carbonyl (C=O) groups excluding carboxylic acids is 2. The van der Waals surface area contributed by atoms with E-state index >= 15 is 0 Å². The topological polar surface area (TPSA) is 94.6 Å². The van der Waals surface area contributed by atoms with E-state index in [1.54, 1.807) is 0 Å². The molecule has 2 heterocycles. The lowest BCUT2D eigenvalue weighted by Crippen LogP contribution is -2.36. The average molecular weight is 314 g/mol. The first-order valence-electron chi connectivity index (χ1n) is 7.44. The number of para-hydroxylation sites is 1. The fraction of sp³-hybridized carbons (Fsp3) is 0.294. The zero-order valence-electron chi connectivity index (χ0n) is 12.7. The number of carbonyl (C=O) groups is 2. The first kappa shape index (κ1) is 15.1. The molecule has 1 aromatic carbocycles. The van der Waals surface area contributed by atoms with Gasteiger partial charge < -0.3 is 20.2 Å². The molecule has 0 aliphatic carbocycles. The van der Waals surface area contributed by atoms with E-state index in [9.17, 15) is 9.59 Å². The Morgan fingerprint density at radius 3 is 2.78 bits per heavy atom. The third-order valence-corrected chi connectivity index (χ3v) is 4.03. The Bertz CT molecular complexity index is 738. The van der Waals surface area contributed by atoms with Gasteiger partial charge in [-0.15, -0.1) is 0 Å². The van der Waals surface area contributed by atoms with Crippen molar-refractivity contribution in [3.63, 3.8) is 0 Å². The minimum absolute atomic E-state index is 0.0997. The Morgan fingerprint density at radius 1 is 1.26 bits per heavy atom. The highest BCUT2D eigenvalue weighted by Gasteiger charge is 2.31. The van der Waals surface area contributed by atoms with Crippen molar-refractivity contribution in [2.45, 2.75) is 25.4 Å². The smallest absolute Gasteiger partial charge is 0.254 e. The van der Waals surface area contributed by atoms with Gasteiger partial charge in [-0.3, -0.25) is 9.59 Å². The number of ether oxygens (including phenoxy) is 1. The summed E-state index contributed by atoms with van der Waals surface area (Å²) in [4.78, 5) is 23.3. The van der Waals surface area contributed by atoms with Gasteiger partial charge in [0.2, 0.25) is 5.91 Å². The fourth-order valence-corrected chi connectivity index (χ4v) is 2.77. The number of benzene rings is 1. The Kier molecular flexibility index (Phi) is 4.06. The van der Waals surface area contributed by atoms with E-state index in [1.807, 2.05) is 24.3 Å². The molecule has 0 saturated heterocycles. The van der Waals surface area contributed by atoms with Gasteiger partial charge in [-0.25, -0.2) is 0 Å².